The van der Waals surface area contributed by atoms with Crippen LogP contribution in [0, 0.1) is 11.6 Å². The Balaban J connectivity index is 0.00000400. The summed E-state index contributed by atoms with van der Waals surface area (Å²) in [5.74, 6) is -0.339. The normalized spacial score (nSPS) is 11.0. The first-order valence-electron chi connectivity index (χ1n) is 7.05. The molecule has 2 N–H and O–H groups in total. The van der Waals surface area contributed by atoms with Crippen molar-refractivity contribution in [1.29, 1.82) is 0 Å². The van der Waals surface area contributed by atoms with Gasteiger partial charge in [-0.3, -0.25) is 4.99 Å². The predicted molar refractivity (Wildman–Crippen MR) is 94.4 cm³/mol. The summed E-state index contributed by atoms with van der Waals surface area (Å²) >= 11 is 0. The van der Waals surface area contributed by atoms with Crippen molar-refractivity contribution in [3.63, 3.8) is 0 Å². The Labute approximate surface area is 142 Å². The summed E-state index contributed by atoms with van der Waals surface area (Å²) in [6, 6.07) is 3.66. The number of hydrogen-bond donors (Lipinski definition) is 2. The van der Waals surface area contributed by atoms with Crippen LogP contribution in [0.2, 0.25) is 0 Å². The molecule has 1 rings (SSSR count). The summed E-state index contributed by atoms with van der Waals surface area (Å²) < 4.78 is 26.2. The number of benzene rings is 1. The van der Waals surface area contributed by atoms with E-state index in [1.165, 1.54) is 25.0 Å². The molecular formula is C15H24F2IN3. The van der Waals surface area contributed by atoms with Crippen molar-refractivity contribution in [3.05, 3.63) is 35.4 Å². The van der Waals surface area contributed by atoms with Gasteiger partial charge in [-0.2, -0.15) is 0 Å². The summed E-state index contributed by atoms with van der Waals surface area (Å²) in [4.78, 5) is 4.09. The van der Waals surface area contributed by atoms with Gasteiger partial charge in [0.15, 0.2) is 5.96 Å². The van der Waals surface area contributed by atoms with Crippen LogP contribution in [0.4, 0.5) is 8.78 Å². The zero-order chi connectivity index (χ0) is 14.8. The molecule has 1 aromatic rings. The Morgan fingerprint density at radius 2 is 1.86 bits per heavy atom. The van der Waals surface area contributed by atoms with Gasteiger partial charge >= 0.3 is 0 Å². The first-order valence-corrected chi connectivity index (χ1v) is 7.05. The second-order valence-electron chi connectivity index (χ2n) is 4.62. The number of rotatable bonds is 7. The van der Waals surface area contributed by atoms with Crippen LogP contribution in [0.3, 0.4) is 0 Å². The van der Waals surface area contributed by atoms with E-state index in [2.05, 4.69) is 22.5 Å². The molecule has 0 saturated heterocycles. The Morgan fingerprint density at radius 1 is 1.14 bits per heavy atom. The molecule has 0 saturated carbocycles. The molecule has 120 valence electrons. The van der Waals surface area contributed by atoms with Gasteiger partial charge in [-0.25, -0.2) is 8.78 Å². The lowest BCUT2D eigenvalue weighted by molar-refractivity contribution is 0.570. The van der Waals surface area contributed by atoms with Crippen LogP contribution in [-0.2, 0) is 6.42 Å². The molecule has 0 amide bonds. The topological polar surface area (TPSA) is 36.4 Å². The van der Waals surface area contributed by atoms with Crippen molar-refractivity contribution in [1.82, 2.24) is 10.6 Å². The second kappa shape index (κ2) is 11.7. The number of unbranched alkanes of at least 4 members (excludes halogenated alkanes) is 2. The van der Waals surface area contributed by atoms with Gasteiger partial charge in [0.05, 0.1) is 0 Å². The molecule has 0 fully saturated rings. The molecule has 0 bridgehead atoms. The minimum absolute atomic E-state index is 0. The van der Waals surface area contributed by atoms with Crippen molar-refractivity contribution in [2.24, 2.45) is 4.99 Å². The molecule has 6 heteroatoms. The summed E-state index contributed by atoms with van der Waals surface area (Å²) in [6.07, 6.45) is 3.95. The Morgan fingerprint density at radius 3 is 2.48 bits per heavy atom. The minimum Gasteiger partial charge on any atom is -0.356 e. The van der Waals surface area contributed by atoms with Gasteiger partial charge in [0.2, 0.25) is 0 Å². The van der Waals surface area contributed by atoms with Crippen molar-refractivity contribution in [2.75, 3.05) is 20.1 Å². The van der Waals surface area contributed by atoms with E-state index in [9.17, 15) is 8.78 Å². The first kappa shape index (κ1) is 20.1. The lowest BCUT2D eigenvalue weighted by atomic mass is 10.1. The third-order valence-corrected chi connectivity index (χ3v) is 3.00. The molecule has 3 nitrogen and oxygen atoms in total. The highest BCUT2D eigenvalue weighted by molar-refractivity contribution is 14.0. The third kappa shape index (κ3) is 8.18. The van der Waals surface area contributed by atoms with Gasteiger partial charge in [0, 0.05) is 26.2 Å². The van der Waals surface area contributed by atoms with Gasteiger partial charge in [-0.15, -0.1) is 24.0 Å². The highest BCUT2D eigenvalue weighted by atomic mass is 127. The number of aliphatic imine (C=N–C) groups is 1. The van der Waals surface area contributed by atoms with Crippen molar-refractivity contribution < 1.29 is 8.78 Å². The van der Waals surface area contributed by atoms with E-state index in [-0.39, 0.29) is 24.0 Å². The number of nitrogens with one attached hydrogen (secondary N) is 2. The average molecular weight is 411 g/mol. The van der Waals surface area contributed by atoms with Crippen molar-refractivity contribution >= 4 is 29.9 Å². The van der Waals surface area contributed by atoms with Crippen LogP contribution < -0.4 is 10.6 Å². The molecule has 0 spiro atoms. The van der Waals surface area contributed by atoms with Crippen LogP contribution in [0.15, 0.2) is 23.2 Å². The molecule has 0 aromatic heterocycles. The van der Waals surface area contributed by atoms with E-state index < -0.39 is 11.6 Å². The van der Waals surface area contributed by atoms with E-state index in [0.29, 0.717) is 24.5 Å². The number of hydrogen-bond acceptors (Lipinski definition) is 1. The first-order chi connectivity index (χ1) is 9.67. The van der Waals surface area contributed by atoms with Gasteiger partial charge in [-0.1, -0.05) is 25.8 Å². The van der Waals surface area contributed by atoms with Crippen LogP contribution in [0.5, 0.6) is 0 Å². The molecule has 0 radical (unpaired) electrons. The van der Waals surface area contributed by atoms with Gasteiger partial charge in [0.1, 0.15) is 11.6 Å². The number of nitrogens with zero attached hydrogens (tertiary/aromatic N) is 1. The SMILES string of the molecule is CCCCCNC(=NC)NCCc1ccc(F)cc1F.I. The lowest BCUT2D eigenvalue weighted by Crippen LogP contribution is -2.38. The van der Waals surface area contributed by atoms with E-state index in [4.69, 9.17) is 0 Å². The van der Waals surface area contributed by atoms with E-state index in [1.807, 2.05) is 0 Å². The molecule has 1 aromatic carbocycles. The van der Waals surface area contributed by atoms with E-state index >= 15 is 0 Å². The molecule has 0 heterocycles. The molecule has 21 heavy (non-hydrogen) atoms. The standard InChI is InChI=1S/C15H23F2N3.HI/c1-3-4-5-9-19-15(18-2)20-10-8-12-6-7-13(16)11-14(12)17;/h6-7,11H,3-5,8-10H2,1-2H3,(H2,18,19,20);1H. The number of halogens is 3. The minimum atomic E-state index is -0.549. The van der Waals surface area contributed by atoms with Crippen molar-refractivity contribution in [2.45, 2.75) is 32.6 Å². The molecule has 0 aliphatic rings. The molecule has 0 aliphatic heterocycles. The molecule has 0 aliphatic carbocycles. The zero-order valence-corrected chi connectivity index (χ0v) is 14.9. The Kier molecular flexibility index (Phi) is 11.2. The summed E-state index contributed by atoms with van der Waals surface area (Å²) in [6.45, 7) is 3.58. The molecule has 0 unspecified atom stereocenters. The summed E-state index contributed by atoms with van der Waals surface area (Å²) in [5.41, 5.74) is 0.500. The molecule has 0 atom stereocenters. The van der Waals surface area contributed by atoms with Crippen LogP contribution in [-0.4, -0.2) is 26.1 Å². The maximum Gasteiger partial charge on any atom is 0.190 e. The fraction of sp³-hybridized carbons (Fsp3) is 0.533. The highest BCUT2D eigenvalue weighted by Gasteiger charge is 2.04. The van der Waals surface area contributed by atoms with Gasteiger partial charge in [-0.05, 0) is 24.5 Å². The average Bonchev–Trinajstić information content (AvgIpc) is 2.43. The second-order valence-corrected chi connectivity index (χ2v) is 4.62. The predicted octanol–water partition coefficient (Wildman–Crippen LogP) is 3.48. The lowest BCUT2D eigenvalue weighted by Gasteiger charge is -2.12. The summed E-state index contributed by atoms with van der Waals surface area (Å²) in [7, 11) is 1.70. The van der Waals surface area contributed by atoms with Crippen molar-refractivity contribution in [3.8, 4) is 0 Å². The van der Waals surface area contributed by atoms with Gasteiger partial charge in [0.25, 0.3) is 0 Å². The maximum absolute atomic E-state index is 13.4. The van der Waals surface area contributed by atoms with Gasteiger partial charge < -0.3 is 10.6 Å². The van der Waals surface area contributed by atoms with E-state index in [1.54, 1.807) is 7.05 Å². The molecular weight excluding hydrogens is 387 g/mol. The quantitative estimate of drug-likeness (QED) is 0.312. The van der Waals surface area contributed by atoms with E-state index in [0.717, 1.165) is 19.0 Å². The number of guanidine groups is 1. The Bertz CT molecular complexity index is 439. The fourth-order valence-electron chi connectivity index (χ4n) is 1.84. The fourth-order valence-corrected chi connectivity index (χ4v) is 1.84. The zero-order valence-electron chi connectivity index (χ0n) is 12.6. The van der Waals surface area contributed by atoms with Crippen LogP contribution in [0.25, 0.3) is 0 Å². The highest BCUT2D eigenvalue weighted by Crippen LogP contribution is 2.09. The maximum atomic E-state index is 13.4. The van der Waals surface area contributed by atoms with Crippen LogP contribution >= 0.6 is 24.0 Å². The monoisotopic (exact) mass is 411 g/mol. The third-order valence-electron chi connectivity index (χ3n) is 3.00. The largest absolute Gasteiger partial charge is 0.356 e. The smallest absolute Gasteiger partial charge is 0.190 e. The summed E-state index contributed by atoms with van der Waals surface area (Å²) in [5, 5.41) is 6.31. The Hall–Kier alpha value is -0.920. The van der Waals surface area contributed by atoms with Crippen LogP contribution in [0.1, 0.15) is 31.7 Å².